The fourth-order valence-corrected chi connectivity index (χ4v) is 4.91. The second kappa shape index (κ2) is 9.10. The van der Waals surface area contributed by atoms with E-state index in [1.807, 2.05) is 0 Å². The number of carbonyl (C=O) groups is 1. The Bertz CT molecular complexity index is 1040. The van der Waals surface area contributed by atoms with Crippen LogP contribution in [0, 0.1) is 13.8 Å². The maximum Gasteiger partial charge on any atom is 0.266 e. The Balaban J connectivity index is 1.58. The second-order valence-electron chi connectivity index (χ2n) is 7.40. The number of carbonyl (C=O) groups excluding carboxylic acids is 1. The van der Waals surface area contributed by atoms with E-state index in [-0.39, 0.29) is 18.6 Å². The summed E-state index contributed by atoms with van der Waals surface area (Å²) in [6, 6.07) is 9.10. The Morgan fingerprint density at radius 1 is 1.27 bits per heavy atom. The number of halogens is 2. The first-order valence-electron chi connectivity index (χ1n) is 9.78. The molecule has 0 spiro atoms. The molecule has 0 radical (unpaired) electrons. The second-order valence-corrected chi connectivity index (χ2v) is 9.26. The lowest BCUT2D eigenvalue weighted by Gasteiger charge is -2.23. The molecule has 4 rings (SSSR count). The van der Waals surface area contributed by atoms with Gasteiger partial charge in [-0.25, -0.2) is 4.98 Å². The number of rotatable bonds is 6. The lowest BCUT2D eigenvalue weighted by atomic mass is 10.1. The van der Waals surface area contributed by atoms with Crippen LogP contribution < -0.4 is 9.64 Å². The van der Waals surface area contributed by atoms with Gasteiger partial charge < -0.3 is 9.47 Å². The fraction of sp³-hybridized carbons (Fsp3) is 0.364. The summed E-state index contributed by atoms with van der Waals surface area (Å²) in [5.74, 6) is 0.228. The minimum absolute atomic E-state index is 0.00329. The maximum atomic E-state index is 13.1. The number of benzene rings is 2. The number of hydrogen-bond donors (Lipinski definition) is 0. The molecule has 3 aromatic rings. The van der Waals surface area contributed by atoms with Crippen molar-refractivity contribution in [3.8, 4) is 5.75 Å². The van der Waals surface area contributed by atoms with E-state index in [1.165, 1.54) is 22.5 Å². The Morgan fingerprint density at radius 3 is 2.80 bits per heavy atom. The van der Waals surface area contributed by atoms with E-state index in [1.54, 1.807) is 23.1 Å². The molecule has 0 aliphatic carbocycles. The zero-order valence-electron chi connectivity index (χ0n) is 16.8. The molecule has 5 nitrogen and oxygen atoms in total. The number of aryl methyl sites for hydroxylation is 2. The van der Waals surface area contributed by atoms with Gasteiger partial charge >= 0.3 is 0 Å². The van der Waals surface area contributed by atoms with Gasteiger partial charge in [0.05, 0.1) is 27.9 Å². The number of nitrogens with zero attached hydrogens (tertiary/aromatic N) is 2. The van der Waals surface area contributed by atoms with Crippen molar-refractivity contribution < 1.29 is 14.3 Å². The molecule has 0 N–H and O–H groups in total. The molecule has 0 saturated carbocycles. The van der Waals surface area contributed by atoms with Gasteiger partial charge in [-0.3, -0.25) is 9.69 Å². The van der Waals surface area contributed by atoms with E-state index in [9.17, 15) is 4.79 Å². The first kappa shape index (κ1) is 21.4. The van der Waals surface area contributed by atoms with E-state index in [4.69, 9.17) is 37.7 Å². The summed E-state index contributed by atoms with van der Waals surface area (Å²) < 4.78 is 12.5. The van der Waals surface area contributed by atoms with Gasteiger partial charge in [-0.2, -0.15) is 0 Å². The van der Waals surface area contributed by atoms with Crippen molar-refractivity contribution in [1.29, 1.82) is 0 Å². The van der Waals surface area contributed by atoms with Crippen LogP contribution in [0.4, 0.5) is 5.13 Å². The van der Waals surface area contributed by atoms with Crippen molar-refractivity contribution in [2.75, 3.05) is 24.7 Å². The molecule has 8 heteroatoms. The van der Waals surface area contributed by atoms with Gasteiger partial charge in [0.1, 0.15) is 5.75 Å². The summed E-state index contributed by atoms with van der Waals surface area (Å²) in [4.78, 5) is 19.5. The van der Waals surface area contributed by atoms with Crippen molar-refractivity contribution in [3.63, 3.8) is 0 Å². The van der Waals surface area contributed by atoms with Crippen molar-refractivity contribution in [2.24, 2.45) is 0 Å². The third kappa shape index (κ3) is 4.72. The zero-order chi connectivity index (χ0) is 21.3. The first-order valence-corrected chi connectivity index (χ1v) is 11.4. The van der Waals surface area contributed by atoms with Crippen LogP contribution in [0.25, 0.3) is 10.2 Å². The molecule has 2 heterocycles. The average molecular weight is 465 g/mol. The molecule has 2 aromatic carbocycles. The average Bonchev–Trinajstić information content (AvgIpc) is 3.35. The number of aromatic nitrogens is 1. The lowest BCUT2D eigenvalue weighted by molar-refractivity contribution is -0.120. The Kier molecular flexibility index (Phi) is 6.48. The highest BCUT2D eigenvalue weighted by molar-refractivity contribution is 7.22. The summed E-state index contributed by atoms with van der Waals surface area (Å²) in [6.45, 7) is 5.16. The number of anilines is 1. The molecule has 1 aliphatic rings. The topological polar surface area (TPSA) is 51.7 Å². The summed E-state index contributed by atoms with van der Waals surface area (Å²) in [5.41, 5.74) is 3.28. The summed E-state index contributed by atoms with van der Waals surface area (Å²) in [5, 5.41) is 1.53. The Hall–Kier alpha value is -1.86. The molecule has 1 aliphatic heterocycles. The van der Waals surface area contributed by atoms with Crippen LogP contribution in [0.1, 0.15) is 24.0 Å². The molecule has 1 amide bonds. The summed E-state index contributed by atoms with van der Waals surface area (Å²) in [7, 11) is 0. The van der Waals surface area contributed by atoms with Crippen LogP contribution in [0.2, 0.25) is 10.0 Å². The summed E-state index contributed by atoms with van der Waals surface area (Å²) >= 11 is 13.6. The third-order valence-electron chi connectivity index (χ3n) is 5.18. The molecule has 1 unspecified atom stereocenters. The van der Waals surface area contributed by atoms with Gasteiger partial charge in [-0.05, 0) is 68.1 Å². The smallest absolute Gasteiger partial charge is 0.266 e. The normalized spacial score (nSPS) is 16.2. The Labute approximate surface area is 189 Å². The molecule has 1 saturated heterocycles. The van der Waals surface area contributed by atoms with Crippen LogP contribution >= 0.6 is 34.5 Å². The number of ether oxygens (including phenoxy) is 2. The van der Waals surface area contributed by atoms with Gasteiger partial charge in [0, 0.05) is 11.6 Å². The van der Waals surface area contributed by atoms with Gasteiger partial charge in [-0.15, -0.1) is 0 Å². The number of hydrogen-bond acceptors (Lipinski definition) is 5. The zero-order valence-corrected chi connectivity index (χ0v) is 19.1. The first-order chi connectivity index (χ1) is 14.4. The number of amides is 1. The monoisotopic (exact) mass is 464 g/mol. The maximum absolute atomic E-state index is 13.1. The molecule has 1 aromatic heterocycles. The van der Waals surface area contributed by atoms with Gasteiger partial charge in [-0.1, -0.05) is 34.5 Å². The fourth-order valence-electron chi connectivity index (χ4n) is 3.37. The van der Waals surface area contributed by atoms with Gasteiger partial charge in [0.15, 0.2) is 11.7 Å². The van der Waals surface area contributed by atoms with Crippen molar-refractivity contribution in [3.05, 3.63) is 51.5 Å². The largest absolute Gasteiger partial charge is 0.482 e. The van der Waals surface area contributed by atoms with Crippen LogP contribution in [0.3, 0.4) is 0 Å². The molecule has 1 fully saturated rings. The molecular weight excluding hydrogens is 443 g/mol. The number of fused-ring (bicyclic) bond motifs is 1. The van der Waals surface area contributed by atoms with E-state index in [0.717, 1.165) is 29.7 Å². The van der Waals surface area contributed by atoms with E-state index in [2.05, 4.69) is 26.0 Å². The van der Waals surface area contributed by atoms with E-state index < -0.39 is 0 Å². The standard InChI is InChI=1S/C22H22Cl2N2O3S/c1-13-8-18-20(9-14(13)2)30-22(25-18)26(11-16-4-3-7-28-16)21(27)12-29-19-6-5-15(23)10-17(19)24/h5-6,8-10,16H,3-4,7,11-12H2,1-2H3. The SMILES string of the molecule is Cc1cc2nc(N(CC3CCCO3)C(=O)COc3ccc(Cl)cc3Cl)sc2cc1C. The highest BCUT2D eigenvalue weighted by Crippen LogP contribution is 2.32. The van der Waals surface area contributed by atoms with E-state index >= 15 is 0 Å². The molecule has 1 atom stereocenters. The van der Waals surface area contributed by atoms with Crippen LogP contribution in [-0.2, 0) is 9.53 Å². The minimum atomic E-state index is -0.191. The highest BCUT2D eigenvalue weighted by atomic mass is 35.5. The minimum Gasteiger partial charge on any atom is -0.482 e. The quantitative estimate of drug-likeness (QED) is 0.461. The van der Waals surface area contributed by atoms with Gasteiger partial charge in [0.2, 0.25) is 0 Å². The van der Waals surface area contributed by atoms with Crippen molar-refractivity contribution in [1.82, 2.24) is 4.98 Å². The van der Waals surface area contributed by atoms with Crippen molar-refractivity contribution >= 4 is 55.8 Å². The van der Waals surface area contributed by atoms with Crippen LogP contribution in [0.15, 0.2) is 30.3 Å². The predicted molar refractivity (Wildman–Crippen MR) is 122 cm³/mol. The Morgan fingerprint density at radius 2 is 2.07 bits per heavy atom. The highest BCUT2D eigenvalue weighted by Gasteiger charge is 2.26. The van der Waals surface area contributed by atoms with E-state index in [0.29, 0.717) is 27.5 Å². The lowest BCUT2D eigenvalue weighted by Crippen LogP contribution is -2.40. The molecular formula is C22H22Cl2N2O3S. The predicted octanol–water partition coefficient (Wildman–Crippen LogP) is 5.81. The van der Waals surface area contributed by atoms with Crippen LogP contribution in [0.5, 0.6) is 5.75 Å². The van der Waals surface area contributed by atoms with Crippen LogP contribution in [-0.4, -0.2) is 36.8 Å². The third-order valence-corrected chi connectivity index (χ3v) is 6.75. The van der Waals surface area contributed by atoms with Gasteiger partial charge in [0.25, 0.3) is 5.91 Å². The molecule has 158 valence electrons. The van der Waals surface area contributed by atoms with Crippen molar-refractivity contribution in [2.45, 2.75) is 32.8 Å². The molecule has 0 bridgehead atoms. The summed E-state index contributed by atoms with van der Waals surface area (Å²) in [6.07, 6.45) is 1.93. The molecule has 30 heavy (non-hydrogen) atoms. The number of thiazole rings is 1.